The lowest BCUT2D eigenvalue weighted by molar-refractivity contribution is -0.128. The normalized spacial score (nSPS) is 21.3. The Morgan fingerprint density at radius 2 is 2.00 bits per heavy atom. The third kappa shape index (κ3) is 2.57. The van der Waals surface area contributed by atoms with Crippen molar-refractivity contribution in [3.63, 3.8) is 0 Å². The average Bonchev–Trinajstić information content (AvgIpc) is 2.90. The maximum atomic E-state index is 12.0. The summed E-state index contributed by atoms with van der Waals surface area (Å²) < 4.78 is 0. The minimum Gasteiger partial charge on any atom is -0.354 e. The molecule has 1 aliphatic carbocycles. The summed E-state index contributed by atoms with van der Waals surface area (Å²) in [6.07, 6.45) is 3.15. The predicted octanol–water partition coefficient (Wildman–Crippen LogP) is 0.623. The molecule has 2 N–H and O–H groups in total. The first-order chi connectivity index (χ1) is 8.95. The van der Waals surface area contributed by atoms with Gasteiger partial charge in [0.05, 0.1) is 0 Å². The molecule has 0 aromatic carbocycles. The third-order valence-electron chi connectivity index (χ3n) is 3.84. The van der Waals surface area contributed by atoms with E-state index in [0.29, 0.717) is 25.3 Å². The van der Waals surface area contributed by atoms with Crippen molar-refractivity contribution in [2.24, 2.45) is 5.92 Å². The van der Waals surface area contributed by atoms with E-state index in [9.17, 15) is 14.4 Å². The highest BCUT2D eigenvalue weighted by Crippen LogP contribution is 2.38. The van der Waals surface area contributed by atoms with E-state index in [2.05, 4.69) is 10.6 Å². The van der Waals surface area contributed by atoms with Crippen molar-refractivity contribution in [3.05, 3.63) is 0 Å². The quantitative estimate of drug-likeness (QED) is 0.733. The fraction of sp³-hybridized carbons (Fsp3) is 0.769. The van der Waals surface area contributed by atoms with Gasteiger partial charge in [0.15, 0.2) is 0 Å². The van der Waals surface area contributed by atoms with Crippen molar-refractivity contribution in [2.75, 3.05) is 13.1 Å². The fourth-order valence-corrected chi connectivity index (χ4v) is 2.80. The molecular weight excluding hydrogens is 246 g/mol. The van der Waals surface area contributed by atoms with Crippen LogP contribution in [0.25, 0.3) is 0 Å². The average molecular weight is 267 g/mol. The van der Waals surface area contributed by atoms with Crippen LogP contribution in [0.15, 0.2) is 0 Å². The van der Waals surface area contributed by atoms with Crippen LogP contribution in [0.4, 0.5) is 4.79 Å². The second-order valence-electron chi connectivity index (χ2n) is 5.78. The number of carbonyl (C=O) groups excluding carboxylic acids is 3. The Morgan fingerprint density at radius 1 is 1.37 bits per heavy atom. The zero-order chi connectivity index (χ0) is 14.0. The van der Waals surface area contributed by atoms with Crippen molar-refractivity contribution < 1.29 is 14.4 Å². The number of hydrogen-bond donors (Lipinski definition) is 2. The Morgan fingerprint density at radius 3 is 2.58 bits per heavy atom. The lowest BCUT2D eigenvalue weighted by Gasteiger charge is -2.30. The molecule has 0 unspecified atom stereocenters. The maximum absolute atomic E-state index is 12.0. The number of rotatable bonds is 4. The van der Waals surface area contributed by atoms with E-state index in [1.807, 2.05) is 13.8 Å². The summed E-state index contributed by atoms with van der Waals surface area (Å²) in [5, 5.41) is 5.12. The molecular formula is C13H21N3O3. The molecule has 1 saturated carbocycles. The largest absolute Gasteiger partial charge is 0.354 e. The first-order valence-electron chi connectivity index (χ1n) is 6.85. The van der Waals surface area contributed by atoms with Gasteiger partial charge in [0.2, 0.25) is 5.91 Å². The molecule has 0 aromatic heterocycles. The molecule has 1 heterocycles. The number of nitrogens with zero attached hydrogens (tertiary/aromatic N) is 1. The van der Waals surface area contributed by atoms with E-state index in [1.54, 1.807) is 0 Å². The highest BCUT2D eigenvalue weighted by Gasteiger charge is 2.54. The third-order valence-corrected chi connectivity index (χ3v) is 3.84. The van der Waals surface area contributed by atoms with Gasteiger partial charge in [0, 0.05) is 6.54 Å². The summed E-state index contributed by atoms with van der Waals surface area (Å²) in [6, 6.07) is -0.438. The fourth-order valence-electron chi connectivity index (χ4n) is 2.80. The molecule has 2 rings (SSSR count). The van der Waals surface area contributed by atoms with Crippen LogP contribution in [0.1, 0.15) is 39.5 Å². The zero-order valence-electron chi connectivity index (χ0n) is 11.5. The van der Waals surface area contributed by atoms with E-state index in [0.717, 1.165) is 12.8 Å². The van der Waals surface area contributed by atoms with Crippen molar-refractivity contribution in [1.29, 1.82) is 0 Å². The van der Waals surface area contributed by atoms with Gasteiger partial charge < -0.3 is 10.2 Å². The van der Waals surface area contributed by atoms with Crippen molar-refractivity contribution in [3.8, 4) is 0 Å². The zero-order valence-corrected chi connectivity index (χ0v) is 11.5. The van der Waals surface area contributed by atoms with Gasteiger partial charge in [-0.05, 0) is 18.8 Å². The van der Waals surface area contributed by atoms with E-state index in [4.69, 9.17) is 0 Å². The summed E-state index contributed by atoms with van der Waals surface area (Å²) in [7, 11) is 0. The Bertz CT molecular complexity index is 400. The number of urea groups is 1. The molecule has 6 heteroatoms. The van der Waals surface area contributed by atoms with Gasteiger partial charge >= 0.3 is 6.03 Å². The van der Waals surface area contributed by atoms with Crippen LogP contribution in [0, 0.1) is 5.92 Å². The van der Waals surface area contributed by atoms with Gasteiger partial charge in [-0.2, -0.15) is 0 Å². The molecule has 2 aliphatic rings. The van der Waals surface area contributed by atoms with E-state index >= 15 is 0 Å². The second kappa shape index (κ2) is 5.19. The maximum Gasteiger partial charge on any atom is 0.325 e. The summed E-state index contributed by atoms with van der Waals surface area (Å²) in [4.78, 5) is 37.1. The molecule has 0 atom stereocenters. The summed E-state index contributed by atoms with van der Waals surface area (Å²) in [6.45, 7) is 4.55. The Hall–Kier alpha value is -1.59. The molecule has 2 fully saturated rings. The number of carbonyl (C=O) groups is 3. The molecule has 6 nitrogen and oxygen atoms in total. The predicted molar refractivity (Wildman–Crippen MR) is 69.3 cm³/mol. The minimum absolute atomic E-state index is 0.0374. The van der Waals surface area contributed by atoms with Crippen LogP contribution in [0.2, 0.25) is 0 Å². The van der Waals surface area contributed by atoms with Gasteiger partial charge in [0.1, 0.15) is 12.1 Å². The highest BCUT2D eigenvalue weighted by molar-refractivity contribution is 6.08. The van der Waals surface area contributed by atoms with Gasteiger partial charge in [0.25, 0.3) is 5.91 Å². The van der Waals surface area contributed by atoms with Crippen LogP contribution in [-0.2, 0) is 9.59 Å². The van der Waals surface area contributed by atoms with Gasteiger partial charge in [-0.25, -0.2) is 4.79 Å². The summed E-state index contributed by atoms with van der Waals surface area (Å²) >= 11 is 0. The number of amides is 4. The molecule has 4 amide bonds. The Labute approximate surface area is 112 Å². The van der Waals surface area contributed by atoms with Gasteiger partial charge in [-0.15, -0.1) is 0 Å². The second-order valence-corrected chi connectivity index (χ2v) is 5.78. The first kappa shape index (κ1) is 13.8. The highest BCUT2D eigenvalue weighted by atomic mass is 16.2. The molecule has 1 spiro atoms. The lowest BCUT2D eigenvalue weighted by Crippen LogP contribution is -2.51. The SMILES string of the molecule is CC(C)CNC(=O)CN1C(=O)NC(=O)C12CCCC2. The van der Waals surface area contributed by atoms with Gasteiger partial charge in [-0.3, -0.25) is 14.9 Å². The van der Waals surface area contributed by atoms with Crippen LogP contribution >= 0.6 is 0 Å². The summed E-state index contributed by atoms with van der Waals surface area (Å²) in [5.74, 6) is -0.0880. The van der Waals surface area contributed by atoms with Crippen LogP contribution < -0.4 is 10.6 Å². The van der Waals surface area contributed by atoms with Crippen LogP contribution in [-0.4, -0.2) is 41.4 Å². The van der Waals surface area contributed by atoms with E-state index in [1.165, 1.54) is 4.90 Å². The monoisotopic (exact) mass is 267 g/mol. The number of hydrogen-bond acceptors (Lipinski definition) is 3. The smallest absolute Gasteiger partial charge is 0.325 e. The molecule has 0 bridgehead atoms. The molecule has 106 valence electrons. The van der Waals surface area contributed by atoms with Crippen LogP contribution in [0.5, 0.6) is 0 Å². The van der Waals surface area contributed by atoms with Crippen molar-refractivity contribution in [1.82, 2.24) is 15.5 Å². The van der Waals surface area contributed by atoms with Crippen LogP contribution in [0.3, 0.4) is 0 Å². The van der Waals surface area contributed by atoms with E-state index in [-0.39, 0.29) is 18.4 Å². The minimum atomic E-state index is -0.772. The Kier molecular flexibility index (Phi) is 3.78. The summed E-state index contributed by atoms with van der Waals surface area (Å²) in [5.41, 5.74) is -0.772. The molecule has 1 aliphatic heterocycles. The molecule has 1 saturated heterocycles. The number of imide groups is 1. The standard InChI is InChI=1S/C13H21N3O3/c1-9(2)7-14-10(17)8-16-12(19)15-11(18)13(16)5-3-4-6-13/h9H,3-8H2,1-2H3,(H,14,17)(H,15,18,19). The topological polar surface area (TPSA) is 78.5 Å². The molecule has 19 heavy (non-hydrogen) atoms. The first-order valence-corrected chi connectivity index (χ1v) is 6.85. The number of nitrogens with one attached hydrogen (secondary N) is 2. The molecule has 0 aromatic rings. The molecule has 0 radical (unpaired) electrons. The van der Waals surface area contributed by atoms with Gasteiger partial charge in [-0.1, -0.05) is 26.7 Å². The van der Waals surface area contributed by atoms with E-state index < -0.39 is 11.6 Å². The lowest BCUT2D eigenvalue weighted by atomic mass is 9.96. The van der Waals surface area contributed by atoms with Crippen molar-refractivity contribution in [2.45, 2.75) is 45.1 Å². The van der Waals surface area contributed by atoms with Crippen molar-refractivity contribution >= 4 is 17.8 Å². The Balaban J connectivity index is 2.03.